The lowest BCUT2D eigenvalue weighted by Gasteiger charge is -2.15. The monoisotopic (exact) mass is 405 g/mol. The maximum Gasteiger partial charge on any atom is 0.340 e. The van der Waals surface area contributed by atoms with Gasteiger partial charge in [0.2, 0.25) is 6.04 Å². The Balaban J connectivity index is 2.84. The van der Waals surface area contributed by atoms with E-state index in [9.17, 15) is 14.4 Å². The number of hydrogen-bond acceptors (Lipinski definition) is 5. The predicted octanol–water partition coefficient (Wildman–Crippen LogP) is 1.52. The number of amides is 1. The summed E-state index contributed by atoms with van der Waals surface area (Å²) in [7, 11) is 0. The SMILES string of the molecule is CCOC(=O)C(NC(=O)c1ccc(I)cc1)C(=O)OCC. The number of nitrogens with one attached hydrogen (secondary N) is 1. The first-order chi connectivity index (χ1) is 9.99. The van der Waals surface area contributed by atoms with Gasteiger partial charge in [0.1, 0.15) is 0 Å². The van der Waals surface area contributed by atoms with E-state index >= 15 is 0 Å². The lowest BCUT2D eigenvalue weighted by atomic mass is 10.2. The summed E-state index contributed by atoms with van der Waals surface area (Å²) in [5.74, 6) is -2.22. The van der Waals surface area contributed by atoms with Crippen molar-refractivity contribution in [3.63, 3.8) is 0 Å². The summed E-state index contributed by atoms with van der Waals surface area (Å²) >= 11 is 2.11. The van der Waals surface area contributed by atoms with Gasteiger partial charge in [0, 0.05) is 9.13 Å². The fourth-order valence-corrected chi connectivity index (χ4v) is 1.84. The zero-order chi connectivity index (χ0) is 15.8. The van der Waals surface area contributed by atoms with E-state index in [-0.39, 0.29) is 13.2 Å². The van der Waals surface area contributed by atoms with Crippen molar-refractivity contribution in [1.29, 1.82) is 0 Å². The molecular weight excluding hydrogens is 389 g/mol. The fraction of sp³-hybridized carbons (Fsp3) is 0.357. The molecule has 0 fully saturated rings. The molecule has 1 N–H and O–H groups in total. The molecule has 0 unspecified atom stereocenters. The van der Waals surface area contributed by atoms with E-state index in [1.807, 2.05) is 0 Å². The van der Waals surface area contributed by atoms with Gasteiger partial charge in [-0.05, 0) is 60.7 Å². The second kappa shape index (κ2) is 8.60. The van der Waals surface area contributed by atoms with Gasteiger partial charge in [-0.3, -0.25) is 4.79 Å². The molecule has 0 aliphatic carbocycles. The number of carbonyl (C=O) groups excluding carboxylic acids is 3. The average Bonchev–Trinajstić information content (AvgIpc) is 2.45. The highest BCUT2D eigenvalue weighted by molar-refractivity contribution is 14.1. The quantitative estimate of drug-likeness (QED) is 0.441. The molecule has 0 atom stereocenters. The van der Waals surface area contributed by atoms with Crippen molar-refractivity contribution in [1.82, 2.24) is 5.32 Å². The Morgan fingerprint density at radius 1 is 1.05 bits per heavy atom. The van der Waals surface area contributed by atoms with Crippen LogP contribution in [0, 0.1) is 3.57 Å². The van der Waals surface area contributed by atoms with Crippen molar-refractivity contribution in [2.75, 3.05) is 13.2 Å². The number of esters is 2. The zero-order valence-corrected chi connectivity index (χ0v) is 13.9. The van der Waals surface area contributed by atoms with Crippen LogP contribution < -0.4 is 5.32 Å². The molecule has 0 radical (unpaired) electrons. The van der Waals surface area contributed by atoms with Crippen molar-refractivity contribution in [2.24, 2.45) is 0 Å². The van der Waals surface area contributed by atoms with Gasteiger partial charge < -0.3 is 14.8 Å². The average molecular weight is 405 g/mol. The normalized spacial score (nSPS) is 10.1. The summed E-state index contributed by atoms with van der Waals surface area (Å²) in [6.45, 7) is 3.43. The molecule has 0 heterocycles. The van der Waals surface area contributed by atoms with Crippen LogP contribution in [-0.2, 0) is 19.1 Å². The molecule has 7 heteroatoms. The van der Waals surface area contributed by atoms with Crippen molar-refractivity contribution in [3.05, 3.63) is 33.4 Å². The highest BCUT2D eigenvalue weighted by atomic mass is 127. The van der Waals surface area contributed by atoms with E-state index < -0.39 is 23.9 Å². The molecule has 1 rings (SSSR count). The van der Waals surface area contributed by atoms with E-state index in [2.05, 4.69) is 27.9 Å². The molecule has 1 amide bonds. The highest BCUT2D eigenvalue weighted by Crippen LogP contribution is 2.07. The summed E-state index contributed by atoms with van der Waals surface area (Å²) in [5.41, 5.74) is 0.342. The van der Waals surface area contributed by atoms with Gasteiger partial charge in [-0.25, -0.2) is 9.59 Å². The van der Waals surface area contributed by atoms with E-state index in [1.165, 1.54) is 0 Å². The molecule has 0 bridgehead atoms. The predicted molar refractivity (Wildman–Crippen MR) is 83.7 cm³/mol. The van der Waals surface area contributed by atoms with Crippen LogP contribution >= 0.6 is 22.6 Å². The smallest absolute Gasteiger partial charge is 0.340 e. The second-order valence-corrected chi connectivity index (χ2v) is 5.16. The van der Waals surface area contributed by atoms with E-state index in [0.717, 1.165) is 3.57 Å². The summed E-state index contributed by atoms with van der Waals surface area (Å²) in [6.07, 6.45) is 0. The van der Waals surface area contributed by atoms with Crippen molar-refractivity contribution < 1.29 is 23.9 Å². The molecule has 0 aliphatic rings. The van der Waals surface area contributed by atoms with E-state index in [1.54, 1.807) is 38.1 Å². The van der Waals surface area contributed by atoms with Gasteiger partial charge >= 0.3 is 11.9 Å². The topological polar surface area (TPSA) is 81.7 Å². The molecule has 21 heavy (non-hydrogen) atoms. The minimum Gasteiger partial charge on any atom is -0.464 e. The molecule has 1 aromatic rings. The van der Waals surface area contributed by atoms with Gasteiger partial charge in [0.05, 0.1) is 13.2 Å². The Bertz CT molecular complexity index is 497. The standard InChI is InChI=1S/C14H16INO5/c1-3-20-13(18)11(14(19)21-4-2)16-12(17)9-5-7-10(15)8-6-9/h5-8,11H,3-4H2,1-2H3,(H,16,17). The maximum atomic E-state index is 12.1. The molecule has 1 aromatic carbocycles. The van der Waals surface area contributed by atoms with Crippen LogP contribution in [0.25, 0.3) is 0 Å². The largest absolute Gasteiger partial charge is 0.464 e. The molecular formula is C14H16INO5. The van der Waals surface area contributed by atoms with Crippen molar-refractivity contribution in [3.8, 4) is 0 Å². The summed E-state index contributed by atoms with van der Waals surface area (Å²) in [6, 6.07) is 5.24. The molecule has 6 nitrogen and oxygen atoms in total. The van der Waals surface area contributed by atoms with Gasteiger partial charge in [-0.1, -0.05) is 0 Å². The minimum absolute atomic E-state index is 0.105. The second-order valence-electron chi connectivity index (χ2n) is 3.92. The van der Waals surface area contributed by atoms with Gasteiger partial charge in [-0.15, -0.1) is 0 Å². The first-order valence-corrected chi connectivity index (χ1v) is 7.47. The highest BCUT2D eigenvalue weighted by Gasteiger charge is 2.31. The van der Waals surface area contributed by atoms with Crippen LogP contribution in [0.3, 0.4) is 0 Å². The molecule has 0 aliphatic heterocycles. The Labute approximate surface area is 136 Å². The number of halogens is 1. The van der Waals surface area contributed by atoms with Crippen LogP contribution in [0.15, 0.2) is 24.3 Å². The number of hydrogen-bond donors (Lipinski definition) is 1. The lowest BCUT2D eigenvalue weighted by Crippen LogP contribution is -2.48. The Morgan fingerprint density at radius 2 is 1.52 bits per heavy atom. The number of ether oxygens (including phenoxy) is 2. The minimum atomic E-state index is -1.46. The van der Waals surface area contributed by atoms with E-state index in [4.69, 9.17) is 9.47 Å². The summed E-state index contributed by atoms with van der Waals surface area (Å²) in [4.78, 5) is 35.5. The van der Waals surface area contributed by atoms with Crippen LogP contribution in [0.4, 0.5) is 0 Å². The van der Waals surface area contributed by atoms with Crippen LogP contribution in [0.1, 0.15) is 24.2 Å². The van der Waals surface area contributed by atoms with Crippen LogP contribution in [-0.4, -0.2) is 37.1 Å². The Hall–Kier alpha value is -1.64. The summed E-state index contributed by atoms with van der Waals surface area (Å²) < 4.78 is 10.5. The third kappa shape index (κ3) is 5.33. The van der Waals surface area contributed by atoms with Gasteiger partial charge in [-0.2, -0.15) is 0 Å². The van der Waals surface area contributed by atoms with Gasteiger partial charge in [0.25, 0.3) is 5.91 Å². The van der Waals surface area contributed by atoms with Crippen molar-refractivity contribution >= 4 is 40.4 Å². The Kier molecular flexibility index (Phi) is 7.13. The van der Waals surface area contributed by atoms with Crippen molar-refractivity contribution in [2.45, 2.75) is 19.9 Å². The Morgan fingerprint density at radius 3 is 1.95 bits per heavy atom. The number of carbonyl (C=O) groups is 3. The molecule has 0 spiro atoms. The lowest BCUT2D eigenvalue weighted by molar-refractivity contribution is -0.157. The first kappa shape index (κ1) is 17.4. The molecule has 0 saturated heterocycles. The third-order valence-corrected chi connectivity index (χ3v) is 3.15. The van der Waals surface area contributed by atoms with E-state index in [0.29, 0.717) is 5.56 Å². The number of benzene rings is 1. The summed E-state index contributed by atoms with van der Waals surface area (Å²) in [5, 5.41) is 2.33. The molecule has 0 saturated carbocycles. The molecule has 114 valence electrons. The first-order valence-electron chi connectivity index (χ1n) is 6.39. The zero-order valence-electron chi connectivity index (χ0n) is 11.7. The maximum absolute atomic E-state index is 12.1. The van der Waals surface area contributed by atoms with Gasteiger partial charge in [0.15, 0.2) is 0 Å². The number of rotatable bonds is 6. The third-order valence-electron chi connectivity index (χ3n) is 2.43. The van der Waals surface area contributed by atoms with Crippen LogP contribution in [0.2, 0.25) is 0 Å². The molecule has 0 aromatic heterocycles. The fourth-order valence-electron chi connectivity index (χ4n) is 1.48. The van der Waals surface area contributed by atoms with Crippen LogP contribution in [0.5, 0.6) is 0 Å².